The second kappa shape index (κ2) is 8.39. The summed E-state index contributed by atoms with van der Waals surface area (Å²) in [4.78, 5) is 12.1. The van der Waals surface area contributed by atoms with Crippen LogP contribution < -0.4 is 15.9 Å². The number of thioether (sulfide) groups is 1. The van der Waals surface area contributed by atoms with Crippen molar-refractivity contribution in [2.24, 2.45) is 0 Å². The number of carbonyl (C=O) groups is 1. The van der Waals surface area contributed by atoms with Crippen LogP contribution >= 0.6 is 11.8 Å². The second-order valence-corrected chi connectivity index (χ2v) is 6.40. The maximum Gasteiger partial charge on any atom is 0.230 e. The summed E-state index contributed by atoms with van der Waals surface area (Å²) < 4.78 is 6.57. The summed E-state index contributed by atoms with van der Waals surface area (Å²) in [5.74, 6) is 7.46. The van der Waals surface area contributed by atoms with Crippen molar-refractivity contribution in [1.82, 2.24) is 20.2 Å². The topological polar surface area (TPSA) is 95.1 Å². The van der Waals surface area contributed by atoms with Gasteiger partial charge in [0.15, 0.2) is 5.82 Å². The van der Waals surface area contributed by atoms with Gasteiger partial charge in [-0.15, -0.1) is 10.2 Å². The molecule has 0 saturated carbocycles. The minimum absolute atomic E-state index is 0.109. The van der Waals surface area contributed by atoms with E-state index in [1.807, 2.05) is 54.6 Å². The van der Waals surface area contributed by atoms with E-state index >= 15 is 0 Å². The normalized spacial score (nSPS) is 10.5. The number of rotatable bonds is 7. The van der Waals surface area contributed by atoms with E-state index < -0.39 is 0 Å². The molecule has 1 heterocycles. The quantitative estimate of drug-likeness (QED) is 0.489. The molecule has 7 nitrogen and oxygen atoms in total. The summed E-state index contributed by atoms with van der Waals surface area (Å²) in [7, 11) is 1.61. The lowest BCUT2D eigenvalue weighted by Gasteiger charge is -2.07. The van der Waals surface area contributed by atoms with Crippen LogP contribution in [0.5, 0.6) is 5.75 Å². The van der Waals surface area contributed by atoms with Gasteiger partial charge in [0.05, 0.1) is 12.9 Å². The molecule has 3 rings (SSSR count). The fourth-order valence-corrected chi connectivity index (χ4v) is 3.01. The van der Waals surface area contributed by atoms with Gasteiger partial charge < -0.3 is 15.9 Å². The van der Waals surface area contributed by atoms with Crippen LogP contribution in [0, 0.1) is 0 Å². The maximum absolute atomic E-state index is 12.1. The molecule has 0 aliphatic rings. The second-order valence-electron chi connectivity index (χ2n) is 5.46. The Morgan fingerprint density at radius 2 is 2.00 bits per heavy atom. The molecule has 0 atom stereocenters. The molecule has 134 valence electrons. The third kappa shape index (κ3) is 4.34. The molecule has 26 heavy (non-hydrogen) atoms. The summed E-state index contributed by atoms with van der Waals surface area (Å²) in [6, 6.07) is 17.1. The molecule has 0 aliphatic carbocycles. The number of carbonyl (C=O) groups excluding carboxylic acids is 1. The summed E-state index contributed by atoms with van der Waals surface area (Å²) in [6.07, 6.45) is 0. The predicted molar refractivity (Wildman–Crippen MR) is 101 cm³/mol. The number of ether oxygens (including phenoxy) is 1. The largest absolute Gasteiger partial charge is 0.497 e. The van der Waals surface area contributed by atoms with Crippen molar-refractivity contribution >= 4 is 17.7 Å². The molecule has 3 aromatic rings. The molecule has 0 aliphatic heterocycles. The molecular weight excluding hydrogens is 350 g/mol. The minimum Gasteiger partial charge on any atom is -0.497 e. The Morgan fingerprint density at radius 1 is 1.19 bits per heavy atom. The maximum atomic E-state index is 12.1. The molecule has 2 aromatic carbocycles. The standard InChI is InChI=1S/C18H19N5O2S/c1-25-15-9-5-6-13(10-15)11-20-16(24)12-26-18-22-21-17(23(18)19)14-7-3-2-4-8-14/h2-10H,11-12,19H2,1H3,(H,20,24). The van der Waals surface area contributed by atoms with Crippen LogP contribution in [-0.4, -0.2) is 33.6 Å². The average Bonchev–Trinajstić information content (AvgIpc) is 3.06. The van der Waals surface area contributed by atoms with E-state index in [0.29, 0.717) is 17.5 Å². The fourth-order valence-electron chi connectivity index (χ4n) is 2.32. The first kappa shape index (κ1) is 17.8. The molecule has 8 heteroatoms. The molecule has 0 fully saturated rings. The summed E-state index contributed by atoms with van der Waals surface area (Å²) >= 11 is 1.24. The number of methoxy groups -OCH3 is 1. The highest BCUT2D eigenvalue weighted by Crippen LogP contribution is 2.21. The molecule has 0 radical (unpaired) electrons. The van der Waals surface area contributed by atoms with Gasteiger partial charge in [-0.05, 0) is 17.7 Å². The molecule has 1 amide bonds. The summed E-state index contributed by atoms with van der Waals surface area (Å²) in [6.45, 7) is 0.432. The zero-order valence-electron chi connectivity index (χ0n) is 14.3. The van der Waals surface area contributed by atoms with Gasteiger partial charge in [0.2, 0.25) is 11.1 Å². The van der Waals surface area contributed by atoms with Crippen LogP contribution in [0.25, 0.3) is 11.4 Å². The molecule has 0 spiro atoms. The number of amides is 1. The van der Waals surface area contributed by atoms with Crippen LogP contribution in [0.1, 0.15) is 5.56 Å². The number of nitrogen functional groups attached to an aromatic ring is 1. The lowest BCUT2D eigenvalue weighted by molar-refractivity contribution is -0.118. The van der Waals surface area contributed by atoms with Crippen molar-refractivity contribution in [2.45, 2.75) is 11.7 Å². The number of aromatic nitrogens is 3. The highest BCUT2D eigenvalue weighted by Gasteiger charge is 2.13. The van der Waals surface area contributed by atoms with E-state index in [-0.39, 0.29) is 11.7 Å². The van der Waals surface area contributed by atoms with Crippen molar-refractivity contribution in [3.05, 3.63) is 60.2 Å². The monoisotopic (exact) mass is 369 g/mol. The van der Waals surface area contributed by atoms with E-state index in [2.05, 4.69) is 15.5 Å². The Kier molecular flexibility index (Phi) is 5.75. The summed E-state index contributed by atoms with van der Waals surface area (Å²) in [5.41, 5.74) is 1.84. The first-order valence-corrected chi connectivity index (χ1v) is 8.94. The third-order valence-corrected chi connectivity index (χ3v) is 4.60. The lowest BCUT2D eigenvalue weighted by atomic mass is 10.2. The minimum atomic E-state index is -0.109. The average molecular weight is 369 g/mol. The van der Waals surface area contributed by atoms with Crippen molar-refractivity contribution in [3.8, 4) is 17.1 Å². The van der Waals surface area contributed by atoms with Gasteiger partial charge in [-0.2, -0.15) is 0 Å². The van der Waals surface area contributed by atoms with Crippen LogP contribution in [0.4, 0.5) is 0 Å². The van der Waals surface area contributed by atoms with Gasteiger partial charge in [-0.1, -0.05) is 54.2 Å². The van der Waals surface area contributed by atoms with Gasteiger partial charge in [0.1, 0.15) is 5.75 Å². The molecular formula is C18H19N5O2S. The SMILES string of the molecule is COc1cccc(CNC(=O)CSc2nnc(-c3ccccc3)n2N)c1. The van der Waals surface area contributed by atoms with Gasteiger partial charge in [-0.25, -0.2) is 4.68 Å². The lowest BCUT2D eigenvalue weighted by Crippen LogP contribution is -2.25. The Morgan fingerprint density at radius 3 is 2.77 bits per heavy atom. The van der Waals surface area contributed by atoms with E-state index in [1.165, 1.54) is 16.4 Å². The van der Waals surface area contributed by atoms with E-state index in [9.17, 15) is 4.79 Å². The Hall–Kier alpha value is -3.00. The number of benzene rings is 2. The fraction of sp³-hybridized carbons (Fsp3) is 0.167. The van der Waals surface area contributed by atoms with Crippen molar-refractivity contribution in [1.29, 1.82) is 0 Å². The smallest absolute Gasteiger partial charge is 0.230 e. The van der Waals surface area contributed by atoms with Crippen LogP contribution in [0.3, 0.4) is 0 Å². The molecule has 1 aromatic heterocycles. The first-order chi connectivity index (χ1) is 12.7. The highest BCUT2D eigenvalue weighted by molar-refractivity contribution is 7.99. The number of nitrogens with one attached hydrogen (secondary N) is 1. The highest BCUT2D eigenvalue weighted by atomic mass is 32.2. The van der Waals surface area contributed by atoms with E-state index in [4.69, 9.17) is 10.6 Å². The predicted octanol–water partition coefficient (Wildman–Crippen LogP) is 2.08. The van der Waals surface area contributed by atoms with Gasteiger partial charge in [0, 0.05) is 12.1 Å². The first-order valence-electron chi connectivity index (χ1n) is 7.95. The Bertz CT molecular complexity index is 882. The Labute approximate surface area is 155 Å². The molecule has 0 unspecified atom stereocenters. The van der Waals surface area contributed by atoms with Crippen molar-refractivity contribution in [2.75, 3.05) is 18.7 Å². The Balaban J connectivity index is 1.54. The molecule has 0 bridgehead atoms. The molecule has 3 N–H and O–H groups in total. The number of hydrogen-bond donors (Lipinski definition) is 2. The third-order valence-electron chi connectivity index (χ3n) is 3.65. The van der Waals surface area contributed by atoms with Gasteiger partial charge in [0.25, 0.3) is 0 Å². The number of nitrogens with two attached hydrogens (primary N) is 1. The molecule has 0 saturated heterocycles. The van der Waals surface area contributed by atoms with Crippen LogP contribution in [0.2, 0.25) is 0 Å². The number of nitrogens with zero attached hydrogens (tertiary/aromatic N) is 3. The van der Waals surface area contributed by atoms with Gasteiger partial charge in [-0.3, -0.25) is 4.79 Å². The number of hydrogen-bond acceptors (Lipinski definition) is 6. The zero-order chi connectivity index (χ0) is 18.4. The van der Waals surface area contributed by atoms with E-state index in [0.717, 1.165) is 16.9 Å². The van der Waals surface area contributed by atoms with Crippen molar-refractivity contribution in [3.63, 3.8) is 0 Å². The summed E-state index contributed by atoms with van der Waals surface area (Å²) in [5, 5.41) is 11.5. The van der Waals surface area contributed by atoms with Crippen LogP contribution in [0.15, 0.2) is 59.8 Å². The van der Waals surface area contributed by atoms with Crippen LogP contribution in [-0.2, 0) is 11.3 Å². The van der Waals surface area contributed by atoms with Gasteiger partial charge >= 0.3 is 0 Å². The zero-order valence-corrected chi connectivity index (χ0v) is 15.1. The van der Waals surface area contributed by atoms with Crippen molar-refractivity contribution < 1.29 is 9.53 Å². The van der Waals surface area contributed by atoms with E-state index in [1.54, 1.807) is 7.11 Å².